The van der Waals surface area contributed by atoms with Gasteiger partial charge in [0.25, 0.3) is 0 Å². The van der Waals surface area contributed by atoms with Gasteiger partial charge in [-0.25, -0.2) is 0 Å². The lowest BCUT2D eigenvalue weighted by Crippen LogP contribution is -2.41. The number of rotatable bonds is 5. The Balaban J connectivity index is 2.41. The Morgan fingerprint density at radius 3 is 2.07 bits per heavy atom. The highest BCUT2D eigenvalue weighted by Gasteiger charge is 2.27. The topological polar surface area (TPSA) is 12.0 Å². The van der Waals surface area contributed by atoms with Crippen LogP contribution in [0.15, 0.2) is 0 Å². The SMILES string of the molecule is CCNC(C(C)C)C1CCC(CC)CC1. The summed E-state index contributed by atoms with van der Waals surface area (Å²) in [7, 11) is 0. The van der Waals surface area contributed by atoms with Gasteiger partial charge >= 0.3 is 0 Å². The van der Waals surface area contributed by atoms with Gasteiger partial charge in [-0.3, -0.25) is 0 Å². The number of hydrogen-bond acceptors (Lipinski definition) is 1. The molecule has 0 amide bonds. The van der Waals surface area contributed by atoms with E-state index >= 15 is 0 Å². The zero-order valence-corrected chi connectivity index (χ0v) is 11.1. The second kappa shape index (κ2) is 6.52. The predicted molar refractivity (Wildman–Crippen MR) is 68.0 cm³/mol. The Bertz CT molecular complexity index is 157. The number of nitrogens with one attached hydrogen (secondary N) is 1. The van der Waals surface area contributed by atoms with Crippen molar-refractivity contribution in [3.8, 4) is 0 Å². The van der Waals surface area contributed by atoms with Gasteiger partial charge in [-0.05, 0) is 37.1 Å². The van der Waals surface area contributed by atoms with Crippen LogP contribution in [0.25, 0.3) is 0 Å². The van der Waals surface area contributed by atoms with Crippen molar-refractivity contribution in [2.75, 3.05) is 6.54 Å². The molecule has 1 fully saturated rings. The molecule has 1 unspecified atom stereocenters. The van der Waals surface area contributed by atoms with E-state index in [1.807, 2.05) is 0 Å². The van der Waals surface area contributed by atoms with E-state index in [0.717, 1.165) is 30.3 Å². The van der Waals surface area contributed by atoms with Gasteiger partial charge in [0.2, 0.25) is 0 Å². The van der Waals surface area contributed by atoms with Crippen molar-refractivity contribution in [1.29, 1.82) is 0 Å². The van der Waals surface area contributed by atoms with Crippen LogP contribution in [0.2, 0.25) is 0 Å². The minimum absolute atomic E-state index is 0.757. The minimum atomic E-state index is 0.757. The molecular formula is C14H29N. The zero-order chi connectivity index (χ0) is 11.3. The molecule has 0 aliphatic heterocycles. The predicted octanol–water partition coefficient (Wildman–Crippen LogP) is 3.84. The first-order valence-corrected chi connectivity index (χ1v) is 6.92. The van der Waals surface area contributed by atoms with Crippen molar-refractivity contribution >= 4 is 0 Å². The maximum Gasteiger partial charge on any atom is 0.0118 e. The fourth-order valence-corrected chi connectivity index (χ4v) is 3.14. The monoisotopic (exact) mass is 211 g/mol. The van der Waals surface area contributed by atoms with Gasteiger partial charge in [0.1, 0.15) is 0 Å². The number of hydrogen-bond donors (Lipinski definition) is 1. The lowest BCUT2D eigenvalue weighted by Gasteiger charge is -2.36. The van der Waals surface area contributed by atoms with Gasteiger partial charge in [0, 0.05) is 6.04 Å². The third-order valence-corrected chi connectivity index (χ3v) is 4.13. The summed E-state index contributed by atoms with van der Waals surface area (Å²) in [6.07, 6.45) is 7.23. The fraction of sp³-hybridized carbons (Fsp3) is 1.00. The summed E-state index contributed by atoms with van der Waals surface area (Å²) in [5.74, 6) is 2.75. The summed E-state index contributed by atoms with van der Waals surface area (Å²) in [6.45, 7) is 10.4. The largest absolute Gasteiger partial charge is 0.314 e. The van der Waals surface area contributed by atoms with Crippen LogP contribution in [0.1, 0.15) is 59.8 Å². The second-order valence-corrected chi connectivity index (χ2v) is 5.52. The molecule has 1 aliphatic rings. The quantitative estimate of drug-likeness (QED) is 0.728. The van der Waals surface area contributed by atoms with Crippen LogP contribution < -0.4 is 5.32 Å². The molecule has 0 aromatic heterocycles. The van der Waals surface area contributed by atoms with E-state index in [1.54, 1.807) is 0 Å². The Morgan fingerprint density at radius 2 is 1.67 bits per heavy atom. The first-order valence-electron chi connectivity index (χ1n) is 6.92. The zero-order valence-electron chi connectivity index (χ0n) is 11.1. The molecule has 0 spiro atoms. The van der Waals surface area contributed by atoms with Gasteiger partial charge in [0.15, 0.2) is 0 Å². The van der Waals surface area contributed by atoms with Crippen molar-refractivity contribution in [3.05, 3.63) is 0 Å². The van der Waals surface area contributed by atoms with Crippen LogP contribution in [0.4, 0.5) is 0 Å². The van der Waals surface area contributed by atoms with E-state index in [2.05, 4.69) is 33.0 Å². The average Bonchev–Trinajstić information content (AvgIpc) is 2.26. The molecule has 1 nitrogen and oxygen atoms in total. The van der Waals surface area contributed by atoms with Crippen LogP contribution in [-0.2, 0) is 0 Å². The first-order chi connectivity index (χ1) is 7.19. The summed E-state index contributed by atoms with van der Waals surface area (Å²) >= 11 is 0. The molecule has 1 aliphatic carbocycles. The summed E-state index contributed by atoms with van der Waals surface area (Å²) < 4.78 is 0. The van der Waals surface area contributed by atoms with Crippen LogP contribution >= 0.6 is 0 Å². The van der Waals surface area contributed by atoms with Crippen molar-refractivity contribution in [1.82, 2.24) is 5.32 Å². The van der Waals surface area contributed by atoms with Crippen LogP contribution in [0.5, 0.6) is 0 Å². The molecule has 0 aromatic carbocycles. The van der Waals surface area contributed by atoms with Gasteiger partial charge < -0.3 is 5.32 Å². The minimum Gasteiger partial charge on any atom is -0.314 e. The third kappa shape index (κ3) is 3.79. The van der Waals surface area contributed by atoms with Crippen LogP contribution in [0.3, 0.4) is 0 Å². The summed E-state index contributed by atoms with van der Waals surface area (Å²) in [5, 5.41) is 3.68. The van der Waals surface area contributed by atoms with E-state index in [0.29, 0.717) is 0 Å². The first kappa shape index (κ1) is 13.0. The Kier molecular flexibility index (Phi) is 5.66. The molecule has 1 N–H and O–H groups in total. The highest BCUT2D eigenvalue weighted by atomic mass is 14.9. The Labute approximate surface area is 96.0 Å². The van der Waals surface area contributed by atoms with E-state index in [4.69, 9.17) is 0 Å². The van der Waals surface area contributed by atoms with Crippen molar-refractivity contribution in [2.24, 2.45) is 17.8 Å². The lowest BCUT2D eigenvalue weighted by atomic mass is 9.75. The van der Waals surface area contributed by atoms with Crippen LogP contribution in [-0.4, -0.2) is 12.6 Å². The van der Waals surface area contributed by atoms with Gasteiger partial charge in [-0.1, -0.05) is 47.0 Å². The van der Waals surface area contributed by atoms with E-state index < -0.39 is 0 Å². The van der Waals surface area contributed by atoms with E-state index in [1.165, 1.54) is 32.1 Å². The standard InChI is InChI=1S/C14H29N/c1-5-12-7-9-13(10-8-12)14(11(3)4)15-6-2/h11-15H,5-10H2,1-4H3. The summed E-state index contributed by atoms with van der Waals surface area (Å²) in [6, 6.07) is 0.757. The van der Waals surface area contributed by atoms with Gasteiger partial charge in [-0.15, -0.1) is 0 Å². The molecule has 1 atom stereocenters. The Morgan fingerprint density at radius 1 is 1.07 bits per heavy atom. The van der Waals surface area contributed by atoms with Gasteiger partial charge in [0.05, 0.1) is 0 Å². The molecule has 0 saturated heterocycles. The van der Waals surface area contributed by atoms with E-state index in [-0.39, 0.29) is 0 Å². The molecular weight excluding hydrogens is 182 g/mol. The smallest absolute Gasteiger partial charge is 0.0118 e. The summed E-state index contributed by atoms with van der Waals surface area (Å²) in [5.41, 5.74) is 0. The second-order valence-electron chi connectivity index (χ2n) is 5.52. The third-order valence-electron chi connectivity index (χ3n) is 4.13. The fourth-order valence-electron chi connectivity index (χ4n) is 3.14. The van der Waals surface area contributed by atoms with Gasteiger partial charge in [-0.2, -0.15) is 0 Å². The molecule has 1 saturated carbocycles. The molecule has 0 aromatic rings. The molecule has 1 heteroatoms. The van der Waals surface area contributed by atoms with E-state index in [9.17, 15) is 0 Å². The highest BCUT2D eigenvalue weighted by Crippen LogP contribution is 2.34. The maximum absolute atomic E-state index is 3.68. The average molecular weight is 211 g/mol. The lowest BCUT2D eigenvalue weighted by molar-refractivity contribution is 0.189. The Hall–Kier alpha value is -0.0400. The summed E-state index contributed by atoms with van der Waals surface area (Å²) in [4.78, 5) is 0. The highest BCUT2D eigenvalue weighted by molar-refractivity contribution is 4.83. The molecule has 1 rings (SSSR count). The van der Waals surface area contributed by atoms with Crippen molar-refractivity contribution in [2.45, 2.75) is 65.8 Å². The van der Waals surface area contributed by atoms with Crippen LogP contribution in [0, 0.1) is 17.8 Å². The molecule has 15 heavy (non-hydrogen) atoms. The normalized spacial score (nSPS) is 29.4. The molecule has 0 radical (unpaired) electrons. The maximum atomic E-state index is 3.68. The van der Waals surface area contributed by atoms with Crippen molar-refractivity contribution in [3.63, 3.8) is 0 Å². The van der Waals surface area contributed by atoms with Crippen molar-refractivity contribution < 1.29 is 0 Å². The molecule has 0 heterocycles. The molecule has 0 bridgehead atoms. The molecule has 90 valence electrons.